The zero-order valence-electron chi connectivity index (χ0n) is 17.6. The summed E-state index contributed by atoms with van der Waals surface area (Å²) in [4.78, 5) is 32.1. The van der Waals surface area contributed by atoms with Crippen LogP contribution in [0.3, 0.4) is 0 Å². The lowest BCUT2D eigenvalue weighted by molar-refractivity contribution is -0.141. The molecule has 1 amide bonds. The number of anilines is 4. The Bertz CT molecular complexity index is 1180. The fourth-order valence-corrected chi connectivity index (χ4v) is 2.76. The van der Waals surface area contributed by atoms with Gasteiger partial charge in [0.05, 0.1) is 7.11 Å². The number of amides is 1. The van der Waals surface area contributed by atoms with Gasteiger partial charge in [-0.05, 0) is 44.0 Å². The predicted molar refractivity (Wildman–Crippen MR) is 113 cm³/mol. The highest BCUT2D eigenvalue weighted by molar-refractivity contribution is 5.83. The van der Waals surface area contributed by atoms with E-state index in [1.165, 1.54) is 13.2 Å². The number of nitrogens with one attached hydrogen (secondary N) is 3. The fourth-order valence-electron chi connectivity index (χ4n) is 2.76. The number of carbonyl (C=O) groups excluding carboxylic acids is 1. The Kier molecular flexibility index (Phi) is 5.70. The molecule has 0 bridgehead atoms. The van der Waals surface area contributed by atoms with Crippen molar-refractivity contribution in [2.24, 2.45) is 0 Å². The zero-order chi connectivity index (χ0) is 23.6. The van der Waals surface area contributed by atoms with E-state index in [9.17, 15) is 18.0 Å². The topological polar surface area (TPSA) is 127 Å². The number of nitrogens with zero attached hydrogens (tertiary/aromatic N) is 5. The highest BCUT2D eigenvalue weighted by Crippen LogP contribution is 2.37. The van der Waals surface area contributed by atoms with Gasteiger partial charge >= 0.3 is 12.3 Å². The monoisotopic (exact) mass is 460 g/mol. The first-order valence-electron chi connectivity index (χ1n) is 9.80. The number of rotatable bonds is 6. The van der Waals surface area contributed by atoms with Gasteiger partial charge in [-0.3, -0.25) is 10.3 Å². The van der Waals surface area contributed by atoms with E-state index >= 15 is 0 Å². The number of carbonyl (C=O) groups is 1. The summed E-state index contributed by atoms with van der Waals surface area (Å²) < 4.78 is 43.6. The van der Waals surface area contributed by atoms with Gasteiger partial charge in [-0.2, -0.15) is 28.1 Å². The Labute approximate surface area is 186 Å². The molecular formula is C20H19F3N8O2. The van der Waals surface area contributed by atoms with Crippen molar-refractivity contribution in [3.8, 4) is 11.5 Å². The van der Waals surface area contributed by atoms with E-state index < -0.39 is 18.0 Å². The first-order valence-corrected chi connectivity index (χ1v) is 9.80. The molecule has 0 unspecified atom stereocenters. The number of halogens is 3. The second kappa shape index (κ2) is 8.48. The number of aromatic nitrogens is 5. The third-order valence-electron chi connectivity index (χ3n) is 4.75. The molecule has 1 aliphatic carbocycles. The molecular weight excluding hydrogens is 441 g/mol. The lowest BCUT2D eigenvalue weighted by atomic mass is 10.3. The van der Waals surface area contributed by atoms with Crippen LogP contribution in [0.15, 0.2) is 36.5 Å². The molecule has 33 heavy (non-hydrogen) atoms. The van der Waals surface area contributed by atoms with Crippen molar-refractivity contribution in [3.05, 3.63) is 42.2 Å². The van der Waals surface area contributed by atoms with Crippen molar-refractivity contribution < 1.29 is 22.7 Å². The summed E-state index contributed by atoms with van der Waals surface area (Å²) in [6.07, 6.45) is -2.40. The molecule has 10 nitrogen and oxygen atoms in total. The minimum atomic E-state index is -4.59. The number of hydrogen-bond donors (Lipinski definition) is 3. The van der Waals surface area contributed by atoms with Gasteiger partial charge in [0.25, 0.3) is 0 Å². The van der Waals surface area contributed by atoms with E-state index in [0.29, 0.717) is 5.69 Å². The van der Waals surface area contributed by atoms with Crippen molar-refractivity contribution in [1.29, 1.82) is 0 Å². The Morgan fingerprint density at radius 2 is 1.85 bits per heavy atom. The van der Waals surface area contributed by atoms with Crippen molar-refractivity contribution in [1.82, 2.24) is 24.9 Å². The Hall–Kier alpha value is -4.03. The van der Waals surface area contributed by atoms with Crippen LogP contribution in [0.4, 0.5) is 41.4 Å². The number of alkyl halides is 3. The largest absolute Gasteiger partial charge is 0.453 e. The number of methoxy groups -OCH3 is 1. The van der Waals surface area contributed by atoms with E-state index in [1.54, 1.807) is 18.2 Å². The molecule has 13 heteroatoms. The Balaban J connectivity index is 1.68. The molecule has 1 fully saturated rings. The molecule has 0 aliphatic heterocycles. The van der Waals surface area contributed by atoms with Crippen molar-refractivity contribution in [2.75, 3.05) is 23.1 Å². The van der Waals surface area contributed by atoms with Gasteiger partial charge in [0.15, 0.2) is 5.82 Å². The molecule has 3 aromatic rings. The van der Waals surface area contributed by atoms with E-state index in [-0.39, 0.29) is 34.8 Å². The van der Waals surface area contributed by atoms with E-state index in [4.69, 9.17) is 0 Å². The fraction of sp³-hybridized carbons (Fsp3) is 0.300. The summed E-state index contributed by atoms with van der Waals surface area (Å²) in [5.41, 5.74) is -0.803. The first kappa shape index (κ1) is 22.2. The molecule has 0 saturated heterocycles. The van der Waals surface area contributed by atoms with Crippen LogP contribution in [-0.4, -0.2) is 43.7 Å². The van der Waals surface area contributed by atoms with Crippen LogP contribution in [-0.2, 0) is 10.9 Å². The van der Waals surface area contributed by atoms with Crippen LogP contribution in [0.1, 0.15) is 25.5 Å². The van der Waals surface area contributed by atoms with Crippen LogP contribution in [0.2, 0.25) is 0 Å². The van der Waals surface area contributed by atoms with Crippen LogP contribution in [0.5, 0.6) is 0 Å². The van der Waals surface area contributed by atoms with Gasteiger partial charge in [0, 0.05) is 17.4 Å². The van der Waals surface area contributed by atoms with Gasteiger partial charge in [0.1, 0.15) is 17.2 Å². The molecule has 0 radical (unpaired) electrons. The maximum Gasteiger partial charge on any atom is 0.433 e. The molecule has 4 rings (SSSR count). The van der Waals surface area contributed by atoms with Gasteiger partial charge in [-0.15, -0.1) is 0 Å². The molecule has 0 aromatic carbocycles. The number of hydrogen-bond acceptors (Lipinski definition) is 9. The van der Waals surface area contributed by atoms with Gasteiger partial charge in [-0.25, -0.2) is 9.78 Å². The number of ether oxygens (including phenoxy) is 1. The minimum Gasteiger partial charge on any atom is -0.453 e. The van der Waals surface area contributed by atoms with Crippen molar-refractivity contribution in [3.63, 3.8) is 0 Å². The van der Waals surface area contributed by atoms with Crippen LogP contribution in [0.25, 0.3) is 11.5 Å². The Morgan fingerprint density at radius 3 is 2.55 bits per heavy atom. The van der Waals surface area contributed by atoms with Crippen molar-refractivity contribution in [2.45, 2.75) is 31.5 Å². The normalized spacial score (nSPS) is 14.3. The molecule has 0 atom stereocenters. The highest BCUT2D eigenvalue weighted by Gasteiger charge is 2.38. The third kappa shape index (κ3) is 5.61. The molecule has 3 N–H and O–H groups in total. The molecule has 172 valence electrons. The summed E-state index contributed by atoms with van der Waals surface area (Å²) in [5, 5.41) is 8.43. The van der Waals surface area contributed by atoms with E-state index in [2.05, 4.69) is 45.6 Å². The summed E-state index contributed by atoms with van der Waals surface area (Å²) in [7, 11) is 1.23. The molecule has 1 aliphatic rings. The third-order valence-corrected chi connectivity index (χ3v) is 4.75. The first-order chi connectivity index (χ1) is 15.6. The van der Waals surface area contributed by atoms with Gasteiger partial charge in [0.2, 0.25) is 11.9 Å². The van der Waals surface area contributed by atoms with Crippen molar-refractivity contribution >= 4 is 29.5 Å². The quantitative estimate of drug-likeness (QED) is 0.495. The molecule has 0 spiro atoms. The second-order valence-corrected chi connectivity index (χ2v) is 7.57. The molecule has 3 heterocycles. The summed E-state index contributed by atoms with van der Waals surface area (Å²) in [5.74, 6) is 0.611. The van der Waals surface area contributed by atoms with Crippen LogP contribution in [0, 0.1) is 0 Å². The summed E-state index contributed by atoms with van der Waals surface area (Å²) >= 11 is 0. The van der Waals surface area contributed by atoms with E-state index in [1.807, 2.05) is 6.92 Å². The summed E-state index contributed by atoms with van der Waals surface area (Å²) in [6, 6.07) is 7.04. The van der Waals surface area contributed by atoms with Gasteiger partial charge in [-0.1, -0.05) is 6.07 Å². The highest BCUT2D eigenvalue weighted by atomic mass is 19.4. The molecule has 3 aromatic heterocycles. The van der Waals surface area contributed by atoms with Crippen LogP contribution >= 0.6 is 0 Å². The average molecular weight is 460 g/mol. The predicted octanol–water partition coefficient (Wildman–Crippen LogP) is 4.23. The Morgan fingerprint density at radius 1 is 1.09 bits per heavy atom. The minimum absolute atomic E-state index is 0.0132. The maximum atomic E-state index is 13.0. The van der Waals surface area contributed by atoms with E-state index in [0.717, 1.165) is 25.1 Å². The second-order valence-electron chi connectivity index (χ2n) is 7.57. The molecule has 1 saturated carbocycles. The standard InChI is InChI=1S/C20H19F3N8O2/c1-19(7-8-19)31-17-29-15(12-4-3-5-14(26-12)27-18(32)33-2)28-16(30-17)25-11-6-9-24-13(10-11)20(21,22)23/h3-6,9-10H,7-8H2,1-2H3,(H,26,27,32)(H2,24,25,28,29,30,31). The zero-order valence-corrected chi connectivity index (χ0v) is 17.6. The SMILES string of the molecule is COC(=O)Nc1cccc(-c2nc(Nc3ccnc(C(F)(F)F)c3)nc(NC3(C)CC3)n2)n1. The maximum absolute atomic E-state index is 13.0. The number of pyridine rings is 2. The lowest BCUT2D eigenvalue weighted by Gasteiger charge is -2.14. The van der Waals surface area contributed by atoms with Crippen LogP contribution < -0.4 is 16.0 Å². The average Bonchev–Trinajstić information content (AvgIpc) is 3.49. The lowest BCUT2D eigenvalue weighted by Crippen LogP contribution is -2.19. The smallest absolute Gasteiger partial charge is 0.433 e. The summed E-state index contributed by atoms with van der Waals surface area (Å²) in [6.45, 7) is 2.00. The van der Waals surface area contributed by atoms with Gasteiger partial charge < -0.3 is 15.4 Å².